The Balaban J connectivity index is 2.12. The van der Waals surface area contributed by atoms with Gasteiger partial charge < -0.3 is 10.1 Å². The van der Waals surface area contributed by atoms with Crippen molar-refractivity contribution in [3.63, 3.8) is 0 Å². The Bertz CT molecular complexity index is 159. The first-order valence-electron chi connectivity index (χ1n) is 5.71. The molecule has 0 spiro atoms. The summed E-state index contributed by atoms with van der Waals surface area (Å²) < 4.78 is 5.66. The molecule has 0 aliphatic carbocycles. The van der Waals surface area contributed by atoms with Crippen molar-refractivity contribution < 1.29 is 4.74 Å². The van der Waals surface area contributed by atoms with Crippen molar-refractivity contribution >= 4 is 0 Å². The highest BCUT2D eigenvalue weighted by Crippen LogP contribution is 2.15. The maximum atomic E-state index is 5.66. The Labute approximate surface area is 87.8 Å². The molecule has 0 unspecified atom stereocenters. The van der Waals surface area contributed by atoms with Gasteiger partial charge in [0.15, 0.2) is 0 Å². The number of nitrogens with one attached hydrogen (secondary N) is 1. The van der Waals surface area contributed by atoms with Crippen LogP contribution in [0, 0.1) is 0 Å². The molecule has 14 heavy (non-hydrogen) atoms. The predicted octanol–water partition coefficient (Wildman–Crippen LogP) is 1.10. The molecule has 1 fully saturated rings. The normalized spacial score (nSPS) is 22.5. The summed E-state index contributed by atoms with van der Waals surface area (Å²) in [6.45, 7) is 12.9. The van der Waals surface area contributed by atoms with Crippen LogP contribution in [0.5, 0.6) is 0 Å². The van der Waals surface area contributed by atoms with E-state index in [2.05, 4.69) is 31.0 Å². The Morgan fingerprint density at radius 3 is 2.79 bits per heavy atom. The predicted molar refractivity (Wildman–Crippen MR) is 59.6 cm³/mol. The number of nitrogens with zero attached hydrogens (tertiary/aromatic N) is 1. The average Bonchev–Trinajstić information content (AvgIpc) is 2.11. The molecule has 1 saturated heterocycles. The van der Waals surface area contributed by atoms with Gasteiger partial charge in [-0.25, -0.2) is 0 Å². The first-order chi connectivity index (χ1) is 6.64. The lowest BCUT2D eigenvalue weighted by Gasteiger charge is -2.38. The van der Waals surface area contributed by atoms with E-state index in [1.54, 1.807) is 0 Å². The third-order valence-electron chi connectivity index (χ3n) is 2.54. The molecule has 3 heteroatoms. The third-order valence-corrected chi connectivity index (χ3v) is 2.54. The van der Waals surface area contributed by atoms with E-state index in [0.717, 1.165) is 39.3 Å². The highest BCUT2D eigenvalue weighted by Gasteiger charge is 2.26. The van der Waals surface area contributed by atoms with Gasteiger partial charge >= 0.3 is 0 Å². The molecular weight excluding hydrogens is 176 g/mol. The monoisotopic (exact) mass is 200 g/mol. The molecule has 0 bridgehead atoms. The van der Waals surface area contributed by atoms with E-state index in [9.17, 15) is 0 Å². The van der Waals surface area contributed by atoms with Crippen molar-refractivity contribution in [3.05, 3.63) is 0 Å². The summed E-state index contributed by atoms with van der Waals surface area (Å²) in [6.07, 6.45) is 1.22. The molecule has 1 N–H and O–H groups in total. The number of rotatable bonds is 5. The fraction of sp³-hybridized carbons (Fsp3) is 1.00. The molecule has 84 valence electrons. The van der Waals surface area contributed by atoms with Crippen LogP contribution < -0.4 is 5.32 Å². The minimum Gasteiger partial charge on any atom is -0.373 e. The molecule has 0 atom stereocenters. The van der Waals surface area contributed by atoms with Crippen LogP contribution in [0.1, 0.15) is 27.2 Å². The highest BCUT2D eigenvalue weighted by molar-refractivity contribution is 4.79. The van der Waals surface area contributed by atoms with Crippen LogP contribution in [0.3, 0.4) is 0 Å². The Morgan fingerprint density at radius 2 is 2.14 bits per heavy atom. The highest BCUT2D eigenvalue weighted by atomic mass is 16.5. The van der Waals surface area contributed by atoms with E-state index in [1.807, 2.05) is 0 Å². The summed E-state index contributed by atoms with van der Waals surface area (Å²) in [5.74, 6) is 0. The molecule has 0 amide bonds. The summed E-state index contributed by atoms with van der Waals surface area (Å²) in [4.78, 5) is 2.48. The second-order valence-corrected chi connectivity index (χ2v) is 4.63. The van der Waals surface area contributed by atoms with Crippen LogP contribution in [0.25, 0.3) is 0 Å². The quantitative estimate of drug-likeness (QED) is 0.673. The smallest absolute Gasteiger partial charge is 0.0753 e. The molecule has 0 aromatic heterocycles. The van der Waals surface area contributed by atoms with Crippen molar-refractivity contribution in [3.8, 4) is 0 Å². The van der Waals surface area contributed by atoms with Gasteiger partial charge in [0.25, 0.3) is 0 Å². The van der Waals surface area contributed by atoms with Crippen molar-refractivity contribution in [1.82, 2.24) is 10.2 Å². The van der Waals surface area contributed by atoms with Crippen molar-refractivity contribution in [2.75, 3.05) is 39.3 Å². The van der Waals surface area contributed by atoms with Crippen LogP contribution in [-0.2, 0) is 4.74 Å². The van der Waals surface area contributed by atoms with E-state index >= 15 is 0 Å². The standard InChI is InChI=1S/C11H24N2O/c1-4-5-12-6-7-13-8-9-14-11(2,3)10-13/h12H,4-10H2,1-3H3. The molecule has 0 radical (unpaired) electrons. The van der Waals surface area contributed by atoms with Crippen LogP contribution in [0.15, 0.2) is 0 Å². The number of hydrogen-bond donors (Lipinski definition) is 1. The van der Waals surface area contributed by atoms with Gasteiger partial charge in [-0.05, 0) is 26.8 Å². The minimum atomic E-state index is 0.0446. The Hall–Kier alpha value is -0.120. The topological polar surface area (TPSA) is 24.5 Å². The van der Waals surface area contributed by atoms with E-state index < -0.39 is 0 Å². The van der Waals surface area contributed by atoms with E-state index in [1.165, 1.54) is 6.42 Å². The maximum Gasteiger partial charge on any atom is 0.0753 e. The van der Waals surface area contributed by atoms with Crippen molar-refractivity contribution in [2.24, 2.45) is 0 Å². The fourth-order valence-corrected chi connectivity index (χ4v) is 1.84. The summed E-state index contributed by atoms with van der Waals surface area (Å²) in [5.41, 5.74) is 0.0446. The van der Waals surface area contributed by atoms with Crippen LogP contribution in [-0.4, -0.2) is 49.8 Å². The van der Waals surface area contributed by atoms with E-state index in [4.69, 9.17) is 4.74 Å². The first-order valence-corrected chi connectivity index (χ1v) is 5.71. The van der Waals surface area contributed by atoms with Gasteiger partial charge in [0, 0.05) is 26.2 Å². The summed E-state index contributed by atoms with van der Waals surface area (Å²) >= 11 is 0. The molecule has 1 aliphatic rings. The lowest BCUT2D eigenvalue weighted by Crippen LogP contribution is -2.49. The zero-order valence-electron chi connectivity index (χ0n) is 9.81. The Morgan fingerprint density at radius 1 is 1.36 bits per heavy atom. The zero-order chi connectivity index (χ0) is 10.4. The van der Waals surface area contributed by atoms with Crippen molar-refractivity contribution in [2.45, 2.75) is 32.8 Å². The number of ether oxygens (including phenoxy) is 1. The first kappa shape index (κ1) is 12.0. The largest absolute Gasteiger partial charge is 0.373 e. The second-order valence-electron chi connectivity index (χ2n) is 4.63. The van der Waals surface area contributed by atoms with Gasteiger partial charge in [0.2, 0.25) is 0 Å². The molecular formula is C11H24N2O. The average molecular weight is 200 g/mol. The molecule has 1 rings (SSSR count). The van der Waals surface area contributed by atoms with Gasteiger partial charge in [0.05, 0.1) is 12.2 Å². The second kappa shape index (κ2) is 5.69. The lowest BCUT2D eigenvalue weighted by molar-refractivity contribution is -0.0854. The molecule has 1 heterocycles. The number of morpholine rings is 1. The van der Waals surface area contributed by atoms with Crippen LogP contribution >= 0.6 is 0 Å². The summed E-state index contributed by atoms with van der Waals surface area (Å²) in [6, 6.07) is 0. The molecule has 1 aliphatic heterocycles. The Kier molecular flexibility index (Phi) is 4.85. The van der Waals surface area contributed by atoms with Crippen molar-refractivity contribution in [1.29, 1.82) is 0 Å². The molecule has 0 saturated carbocycles. The van der Waals surface area contributed by atoms with Gasteiger partial charge in [-0.15, -0.1) is 0 Å². The zero-order valence-corrected chi connectivity index (χ0v) is 9.81. The molecule has 0 aromatic carbocycles. The minimum absolute atomic E-state index is 0.0446. The summed E-state index contributed by atoms with van der Waals surface area (Å²) in [5, 5.41) is 3.43. The van der Waals surface area contributed by atoms with E-state index in [0.29, 0.717) is 0 Å². The van der Waals surface area contributed by atoms with Crippen LogP contribution in [0.2, 0.25) is 0 Å². The van der Waals surface area contributed by atoms with E-state index in [-0.39, 0.29) is 5.60 Å². The third kappa shape index (κ3) is 4.40. The lowest BCUT2D eigenvalue weighted by atomic mass is 10.1. The maximum absolute atomic E-state index is 5.66. The number of hydrogen-bond acceptors (Lipinski definition) is 3. The molecule has 3 nitrogen and oxygen atoms in total. The SMILES string of the molecule is CCCNCCN1CCOC(C)(C)C1. The van der Waals surface area contributed by atoms with Gasteiger partial charge in [-0.1, -0.05) is 6.92 Å². The van der Waals surface area contributed by atoms with Crippen LogP contribution in [0.4, 0.5) is 0 Å². The van der Waals surface area contributed by atoms with Gasteiger partial charge in [0.1, 0.15) is 0 Å². The van der Waals surface area contributed by atoms with Gasteiger partial charge in [-0.3, -0.25) is 4.90 Å². The fourth-order valence-electron chi connectivity index (χ4n) is 1.84. The molecule has 0 aromatic rings. The summed E-state index contributed by atoms with van der Waals surface area (Å²) in [7, 11) is 0. The van der Waals surface area contributed by atoms with Gasteiger partial charge in [-0.2, -0.15) is 0 Å².